The van der Waals surface area contributed by atoms with E-state index in [0.717, 1.165) is 30.3 Å². The van der Waals surface area contributed by atoms with Crippen LogP contribution in [0.25, 0.3) is 22.2 Å². The van der Waals surface area contributed by atoms with E-state index in [2.05, 4.69) is 40.7 Å². The summed E-state index contributed by atoms with van der Waals surface area (Å²) in [5.74, 6) is -0.481. The number of carbonyl (C=O) groups is 2. The van der Waals surface area contributed by atoms with Gasteiger partial charge in [-0.25, -0.2) is 4.79 Å². The van der Waals surface area contributed by atoms with E-state index >= 15 is 0 Å². The van der Waals surface area contributed by atoms with E-state index in [1.54, 1.807) is 6.07 Å². The predicted molar refractivity (Wildman–Crippen MR) is 148 cm³/mol. The minimum atomic E-state index is -0.917. The molecule has 1 fully saturated rings. The molecule has 2 aromatic carbocycles. The highest BCUT2D eigenvalue weighted by Crippen LogP contribution is 2.46. The number of hydrogen-bond donors (Lipinski definition) is 1. The zero-order valence-electron chi connectivity index (χ0n) is 22.4. The summed E-state index contributed by atoms with van der Waals surface area (Å²) in [6.07, 6.45) is 6.74. The van der Waals surface area contributed by atoms with Crippen LogP contribution in [0.4, 0.5) is 0 Å². The van der Waals surface area contributed by atoms with Gasteiger partial charge in [-0.2, -0.15) is 0 Å². The molecule has 37 heavy (non-hydrogen) atoms. The number of rotatable bonds is 7. The fourth-order valence-electron chi connectivity index (χ4n) is 6.44. The van der Waals surface area contributed by atoms with Crippen LogP contribution in [0.15, 0.2) is 42.5 Å². The van der Waals surface area contributed by atoms with Gasteiger partial charge in [-0.05, 0) is 69.5 Å². The van der Waals surface area contributed by atoms with Crippen molar-refractivity contribution in [3.63, 3.8) is 0 Å². The average Bonchev–Trinajstić information content (AvgIpc) is 3.11. The fourth-order valence-corrected chi connectivity index (χ4v) is 6.44. The highest BCUT2D eigenvalue weighted by Gasteiger charge is 2.34. The Morgan fingerprint density at radius 3 is 2.49 bits per heavy atom. The second kappa shape index (κ2) is 10.7. The van der Waals surface area contributed by atoms with E-state index in [1.807, 2.05) is 31.1 Å². The Labute approximate surface area is 219 Å². The number of fused-ring (bicyclic) bond motifs is 5. The lowest BCUT2D eigenvalue weighted by atomic mass is 9.81. The summed E-state index contributed by atoms with van der Waals surface area (Å²) < 4.78 is 2.29. The van der Waals surface area contributed by atoms with Crippen LogP contribution in [0.3, 0.4) is 0 Å². The molecule has 5 rings (SSSR count). The Bertz CT molecular complexity index is 1300. The minimum Gasteiger partial charge on any atom is -0.478 e. The molecule has 1 aromatic heterocycles. The van der Waals surface area contributed by atoms with Gasteiger partial charge in [-0.3, -0.25) is 4.79 Å². The van der Waals surface area contributed by atoms with Gasteiger partial charge in [-0.15, -0.1) is 0 Å². The highest BCUT2D eigenvalue weighted by atomic mass is 16.4. The molecule has 1 N–H and O–H groups in total. The summed E-state index contributed by atoms with van der Waals surface area (Å²) >= 11 is 0. The van der Waals surface area contributed by atoms with Crippen molar-refractivity contribution < 1.29 is 14.7 Å². The number of aromatic carboxylic acids is 1. The maximum absolute atomic E-state index is 13.9. The molecule has 6 heteroatoms. The number of aromatic nitrogens is 1. The maximum atomic E-state index is 13.9. The molecule has 0 spiro atoms. The molecule has 1 amide bonds. The van der Waals surface area contributed by atoms with Crippen LogP contribution < -0.4 is 0 Å². The topological polar surface area (TPSA) is 65.8 Å². The highest BCUT2D eigenvalue weighted by molar-refractivity contribution is 5.99. The molecule has 1 saturated carbocycles. The lowest BCUT2D eigenvalue weighted by Crippen LogP contribution is -2.41. The summed E-state index contributed by atoms with van der Waals surface area (Å²) in [6, 6.07) is 14.1. The van der Waals surface area contributed by atoms with E-state index in [-0.39, 0.29) is 11.8 Å². The van der Waals surface area contributed by atoms with Gasteiger partial charge in [0.1, 0.15) is 0 Å². The summed E-state index contributed by atoms with van der Waals surface area (Å²) in [7, 11) is 4.07. The van der Waals surface area contributed by atoms with E-state index in [4.69, 9.17) is 0 Å². The second-order valence-electron chi connectivity index (χ2n) is 11.0. The molecule has 0 saturated heterocycles. The lowest BCUT2D eigenvalue weighted by Gasteiger charge is -2.27. The van der Waals surface area contributed by atoms with E-state index < -0.39 is 5.97 Å². The number of carboxylic acids is 1. The van der Waals surface area contributed by atoms with Crippen molar-refractivity contribution >= 4 is 22.8 Å². The second-order valence-corrected chi connectivity index (χ2v) is 11.0. The number of likely N-dealkylation sites (N-methyl/N-ethyl adjacent to an activating group) is 2. The van der Waals surface area contributed by atoms with Crippen LogP contribution in [0, 0.1) is 5.92 Å². The molecule has 196 valence electrons. The molecule has 0 bridgehead atoms. The third-order valence-electron chi connectivity index (χ3n) is 8.37. The van der Waals surface area contributed by atoms with Gasteiger partial charge >= 0.3 is 5.97 Å². The maximum Gasteiger partial charge on any atom is 0.335 e. The minimum absolute atomic E-state index is 0.183. The van der Waals surface area contributed by atoms with Crippen LogP contribution >= 0.6 is 0 Å². The normalized spacial score (nSPS) is 17.9. The molecule has 2 aliphatic rings. The van der Waals surface area contributed by atoms with Gasteiger partial charge in [0.05, 0.1) is 17.2 Å². The van der Waals surface area contributed by atoms with E-state index in [1.165, 1.54) is 41.6 Å². The predicted octanol–water partition coefficient (Wildman–Crippen LogP) is 5.64. The number of carboxylic acid groups (broad SMARTS) is 1. The fraction of sp³-hybridized carbons (Fsp3) is 0.484. The quantitative estimate of drug-likeness (QED) is 0.455. The first-order valence-electron chi connectivity index (χ1n) is 13.8. The number of nitrogens with zero attached hydrogens (tertiary/aromatic N) is 3. The van der Waals surface area contributed by atoms with Gasteiger partial charge in [0.2, 0.25) is 5.91 Å². The van der Waals surface area contributed by atoms with Crippen molar-refractivity contribution in [1.82, 2.24) is 14.4 Å². The number of carbonyl (C=O) groups excluding carboxylic acids is 1. The molecule has 3 aromatic rings. The zero-order chi connectivity index (χ0) is 26.1. The van der Waals surface area contributed by atoms with E-state index in [0.29, 0.717) is 37.5 Å². The molecular weight excluding hydrogens is 462 g/mol. The summed E-state index contributed by atoms with van der Waals surface area (Å²) in [6.45, 7) is 4.83. The molecule has 1 atom stereocenters. The SMILES string of the molecule is CCN(CCN(C)C)C(=O)C1Cc2ccccc2-c2c(C3CCCCC3)c3ccc(C(=O)O)cc3n2C1. The van der Waals surface area contributed by atoms with Gasteiger partial charge in [0.15, 0.2) is 0 Å². The molecule has 2 heterocycles. The number of benzene rings is 2. The van der Waals surface area contributed by atoms with Gasteiger partial charge in [-0.1, -0.05) is 49.6 Å². The van der Waals surface area contributed by atoms with Gasteiger partial charge < -0.3 is 19.5 Å². The molecule has 1 aliphatic carbocycles. The largest absolute Gasteiger partial charge is 0.478 e. The van der Waals surface area contributed by atoms with Crippen LogP contribution in [-0.2, 0) is 17.8 Å². The molecule has 1 aliphatic heterocycles. The Morgan fingerprint density at radius 2 is 1.78 bits per heavy atom. The number of hydrogen-bond acceptors (Lipinski definition) is 3. The van der Waals surface area contributed by atoms with Crippen molar-refractivity contribution in [3.05, 3.63) is 59.2 Å². The Morgan fingerprint density at radius 1 is 1.03 bits per heavy atom. The first-order chi connectivity index (χ1) is 17.9. The molecule has 0 radical (unpaired) electrons. The van der Waals surface area contributed by atoms with Crippen molar-refractivity contribution in [2.24, 2.45) is 5.92 Å². The first kappa shape index (κ1) is 25.5. The Balaban J connectivity index is 1.69. The van der Waals surface area contributed by atoms with Crippen LogP contribution in [0.5, 0.6) is 0 Å². The van der Waals surface area contributed by atoms with Gasteiger partial charge in [0, 0.05) is 42.6 Å². The van der Waals surface area contributed by atoms with E-state index in [9.17, 15) is 14.7 Å². The Kier molecular flexibility index (Phi) is 7.38. The van der Waals surface area contributed by atoms with Crippen LogP contribution in [-0.4, -0.2) is 65.1 Å². The van der Waals surface area contributed by atoms with Gasteiger partial charge in [0.25, 0.3) is 0 Å². The van der Waals surface area contributed by atoms with Crippen molar-refractivity contribution in [2.75, 3.05) is 33.7 Å². The smallest absolute Gasteiger partial charge is 0.335 e. The van der Waals surface area contributed by atoms with Crippen LogP contribution in [0.1, 0.15) is 66.4 Å². The third-order valence-corrected chi connectivity index (χ3v) is 8.37. The first-order valence-corrected chi connectivity index (χ1v) is 13.8. The third kappa shape index (κ3) is 4.91. The monoisotopic (exact) mass is 501 g/mol. The molecule has 1 unspecified atom stereocenters. The summed E-state index contributed by atoms with van der Waals surface area (Å²) in [5.41, 5.74) is 6.20. The zero-order valence-corrected chi connectivity index (χ0v) is 22.4. The van der Waals surface area contributed by atoms with Crippen molar-refractivity contribution in [2.45, 2.75) is 57.9 Å². The van der Waals surface area contributed by atoms with Crippen LogP contribution in [0.2, 0.25) is 0 Å². The average molecular weight is 502 g/mol. The molecular formula is C31H39N3O3. The summed E-state index contributed by atoms with van der Waals surface area (Å²) in [5, 5.41) is 10.9. The number of amides is 1. The van der Waals surface area contributed by atoms with Crippen molar-refractivity contribution in [1.29, 1.82) is 0 Å². The standard InChI is InChI=1S/C31H39N3O3/c1-4-33(17-16-32(2)3)30(35)24-18-22-12-8-9-13-25(22)29-28(21-10-6-5-7-11-21)26-15-14-23(31(36)37)19-27(26)34(29)20-24/h8-9,12-15,19,21,24H,4-7,10-11,16-18,20H2,1-3H3,(H,36,37). The van der Waals surface area contributed by atoms with Crippen molar-refractivity contribution in [3.8, 4) is 11.3 Å². The Hall–Kier alpha value is -3.12. The lowest BCUT2D eigenvalue weighted by molar-refractivity contribution is -0.135. The summed E-state index contributed by atoms with van der Waals surface area (Å²) in [4.78, 5) is 30.0. The molecule has 6 nitrogen and oxygen atoms in total.